The summed E-state index contributed by atoms with van der Waals surface area (Å²) in [5.41, 5.74) is 7.76. The van der Waals surface area contributed by atoms with Gasteiger partial charge in [-0.15, -0.1) is 21.5 Å². The van der Waals surface area contributed by atoms with E-state index in [2.05, 4.69) is 45.0 Å². The van der Waals surface area contributed by atoms with Crippen LogP contribution in [0, 0.1) is 20.8 Å². The highest BCUT2D eigenvalue weighted by Gasteiger charge is 2.32. The van der Waals surface area contributed by atoms with Crippen LogP contribution < -0.4 is 16.0 Å². The highest BCUT2D eigenvalue weighted by Crippen LogP contribution is 2.39. The first-order valence-corrected chi connectivity index (χ1v) is 16.2. The quantitative estimate of drug-likeness (QED) is 0.178. The number of aryl methyl sites for hydroxylation is 2. The lowest BCUT2D eigenvalue weighted by atomic mass is 9.99. The van der Waals surface area contributed by atoms with E-state index in [-0.39, 0.29) is 18.2 Å². The summed E-state index contributed by atoms with van der Waals surface area (Å²) < 4.78 is 2.04. The molecule has 3 N–H and O–H groups in total. The number of nitrogens with zero attached hydrogens (tertiary/aromatic N) is 5. The van der Waals surface area contributed by atoms with E-state index in [9.17, 15) is 9.59 Å². The van der Waals surface area contributed by atoms with Crippen molar-refractivity contribution in [3.63, 3.8) is 0 Å². The number of rotatable bonds is 8. The molecule has 232 valence electrons. The smallest absolute Gasteiger partial charge is 0.228 e. The Labute approximate surface area is 275 Å². The topological polar surface area (TPSA) is 126 Å². The van der Waals surface area contributed by atoms with Gasteiger partial charge in [0.1, 0.15) is 22.7 Å². The van der Waals surface area contributed by atoms with E-state index in [0.29, 0.717) is 36.2 Å². The molecule has 2 aliphatic heterocycles. The lowest BCUT2D eigenvalue weighted by Gasteiger charge is -2.13. The van der Waals surface area contributed by atoms with Gasteiger partial charge in [0.2, 0.25) is 11.8 Å². The fourth-order valence-electron chi connectivity index (χ4n) is 5.85. The van der Waals surface area contributed by atoms with E-state index < -0.39 is 6.04 Å². The van der Waals surface area contributed by atoms with Gasteiger partial charge in [0.25, 0.3) is 0 Å². The summed E-state index contributed by atoms with van der Waals surface area (Å²) in [6, 6.07) is 16.9. The van der Waals surface area contributed by atoms with Crippen molar-refractivity contribution in [2.75, 3.05) is 23.7 Å². The summed E-state index contributed by atoms with van der Waals surface area (Å²) in [5, 5.41) is 19.7. The molecule has 0 spiro atoms. The number of thiophene rings is 1. The van der Waals surface area contributed by atoms with Gasteiger partial charge in [-0.2, -0.15) is 0 Å². The molecule has 7 rings (SSSR count). The van der Waals surface area contributed by atoms with E-state index in [1.807, 2.05) is 66.1 Å². The number of hydrogen-bond donors (Lipinski definition) is 3. The summed E-state index contributed by atoms with van der Waals surface area (Å²) in [4.78, 5) is 35.8. The molecule has 5 aromatic rings. The highest BCUT2D eigenvalue weighted by atomic mass is 35.5. The maximum Gasteiger partial charge on any atom is 0.228 e. The number of aromatic nitrogens is 4. The van der Waals surface area contributed by atoms with E-state index in [4.69, 9.17) is 16.6 Å². The maximum absolute atomic E-state index is 13.3. The Kier molecular flexibility index (Phi) is 7.87. The SMILES string of the molecule is Cc1sc2c(c1C)C(c1ccc(Cl)cc1)=N[C@@H](CC(=O)NCCNc1ccc(-c3ccc4c(c3)CC(=O)N4)cn1)c1nnc(C)n1-2. The fraction of sp³-hybridized carbons (Fsp3) is 0.235. The van der Waals surface area contributed by atoms with E-state index >= 15 is 0 Å². The maximum atomic E-state index is 13.3. The number of amides is 2. The molecule has 0 aliphatic carbocycles. The molecule has 46 heavy (non-hydrogen) atoms. The Morgan fingerprint density at radius 1 is 1.02 bits per heavy atom. The largest absolute Gasteiger partial charge is 0.368 e. The number of hydrogen-bond acceptors (Lipinski definition) is 8. The molecule has 1 atom stereocenters. The van der Waals surface area contributed by atoms with E-state index in [1.165, 1.54) is 4.88 Å². The van der Waals surface area contributed by atoms with Gasteiger partial charge in [-0.25, -0.2) is 4.98 Å². The Bertz CT molecular complexity index is 2010. The summed E-state index contributed by atoms with van der Waals surface area (Å²) in [5.74, 6) is 1.98. The number of carbonyl (C=O) groups excluding carboxylic acids is 2. The average molecular weight is 651 g/mol. The van der Waals surface area contributed by atoms with Crippen LogP contribution in [0.25, 0.3) is 16.1 Å². The van der Waals surface area contributed by atoms with Crippen LogP contribution in [-0.4, -0.2) is 50.4 Å². The number of benzene rings is 2. The zero-order chi connectivity index (χ0) is 31.9. The van der Waals surface area contributed by atoms with Crippen LogP contribution in [0.3, 0.4) is 0 Å². The summed E-state index contributed by atoms with van der Waals surface area (Å²) >= 11 is 7.89. The second-order valence-corrected chi connectivity index (χ2v) is 13.1. The molecule has 0 radical (unpaired) electrons. The van der Waals surface area contributed by atoms with Gasteiger partial charge in [-0.05, 0) is 73.9 Å². The van der Waals surface area contributed by atoms with E-state index in [1.54, 1.807) is 17.5 Å². The van der Waals surface area contributed by atoms with Crippen molar-refractivity contribution in [3.8, 4) is 16.1 Å². The zero-order valence-electron chi connectivity index (χ0n) is 25.5. The van der Waals surface area contributed by atoms with Crippen molar-refractivity contribution in [2.24, 2.45) is 4.99 Å². The minimum atomic E-state index is -0.526. The molecule has 5 heterocycles. The summed E-state index contributed by atoms with van der Waals surface area (Å²) in [6.07, 6.45) is 2.32. The standard InChI is InChI=1S/C34H31ClN8O2S/c1-18-19(2)46-34-31(18)32(21-4-8-25(35)9-5-21)40-27(33-42-41-20(3)43(33)34)16-29(44)37-13-12-36-28-11-7-23(17-38-28)22-6-10-26-24(14-22)15-30(45)39-26/h4-11,14,17,27H,12-13,15-16H2,1-3H3,(H,36,38)(H,37,44)(H,39,45)/t27-/m0/s1. The molecular formula is C34H31ClN8O2S. The molecule has 3 aromatic heterocycles. The summed E-state index contributed by atoms with van der Waals surface area (Å²) in [6.45, 7) is 7.04. The first-order chi connectivity index (χ1) is 22.2. The Balaban J connectivity index is 1.03. The van der Waals surface area contributed by atoms with Gasteiger partial charge in [-0.3, -0.25) is 19.1 Å². The lowest BCUT2D eigenvalue weighted by Crippen LogP contribution is -2.30. The van der Waals surface area contributed by atoms with Crippen molar-refractivity contribution in [2.45, 2.75) is 39.7 Å². The van der Waals surface area contributed by atoms with Crippen LogP contribution in [0.5, 0.6) is 0 Å². The predicted molar refractivity (Wildman–Crippen MR) is 181 cm³/mol. The van der Waals surface area contributed by atoms with Crippen molar-refractivity contribution in [3.05, 3.63) is 105 Å². The number of halogens is 1. The number of aliphatic imine (C=N–C) groups is 1. The molecule has 0 bridgehead atoms. The molecule has 2 aliphatic rings. The second-order valence-electron chi connectivity index (χ2n) is 11.4. The molecule has 0 unspecified atom stereocenters. The van der Waals surface area contributed by atoms with Gasteiger partial charge < -0.3 is 16.0 Å². The molecule has 2 aromatic carbocycles. The molecule has 0 fully saturated rings. The van der Waals surface area contributed by atoms with Crippen molar-refractivity contribution in [1.29, 1.82) is 0 Å². The molecule has 10 nitrogen and oxygen atoms in total. The third-order valence-corrected chi connectivity index (χ3v) is 9.76. The first-order valence-electron chi connectivity index (χ1n) is 15.0. The number of nitrogens with one attached hydrogen (secondary N) is 3. The minimum Gasteiger partial charge on any atom is -0.368 e. The average Bonchev–Trinajstić information content (AvgIpc) is 3.68. The number of pyridine rings is 1. The van der Waals surface area contributed by atoms with Gasteiger partial charge in [-0.1, -0.05) is 29.8 Å². The van der Waals surface area contributed by atoms with Crippen LogP contribution in [-0.2, 0) is 16.0 Å². The van der Waals surface area contributed by atoms with Gasteiger partial charge >= 0.3 is 0 Å². The summed E-state index contributed by atoms with van der Waals surface area (Å²) in [7, 11) is 0. The molecule has 2 amide bonds. The van der Waals surface area contributed by atoms with Crippen molar-refractivity contribution < 1.29 is 9.59 Å². The normalized spacial score (nSPS) is 14.9. The van der Waals surface area contributed by atoms with Crippen molar-refractivity contribution in [1.82, 2.24) is 25.1 Å². The predicted octanol–water partition coefficient (Wildman–Crippen LogP) is 5.97. The lowest BCUT2D eigenvalue weighted by molar-refractivity contribution is -0.121. The number of carbonyl (C=O) groups is 2. The van der Waals surface area contributed by atoms with Crippen LogP contribution in [0.2, 0.25) is 5.02 Å². The minimum absolute atomic E-state index is 0.0157. The third kappa shape index (κ3) is 5.67. The van der Waals surface area contributed by atoms with Crippen LogP contribution in [0.15, 0.2) is 65.8 Å². The van der Waals surface area contributed by atoms with Crippen molar-refractivity contribution >= 4 is 52.0 Å². The Morgan fingerprint density at radius 3 is 2.59 bits per heavy atom. The van der Waals surface area contributed by atoms with E-state index in [0.717, 1.165) is 55.6 Å². The zero-order valence-corrected chi connectivity index (χ0v) is 27.1. The van der Waals surface area contributed by atoms with Crippen LogP contribution >= 0.6 is 22.9 Å². The molecule has 0 saturated heterocycles. The highest BCUT2D eigenvalue weighted by molar-refractivity contribution is 7.15. The van der Waals surface area contributed by atoms with Gasteiger partial charge in [0.15, 0.2) is 5.82 Å². The monoisotopic (exact) mass is 650 g/mol. The number of fused-ring (bicyclic) bond motifs is 4. The molecular weight excluding hydrogens is 620 g/mol. The second kappa shape index (κ2) is 12.1. The first kappa shape index (κ1) is 29.8. The van der Waals surface area contributed by atoms with Gasteiger partial charge in [0.05, 0.1) is 18.6 Å². The van der Waals surface area contributed by atoms with Crippen LogP contribution in [0.4, 0.5) is 11.5 Å². The Hall–Kier alpha value is -4.87. The van der Waals surface area contributed by atoms with Crippen LogP contribution in [0.1, 0.15) is 51.2 Å². The third-order valence-electron chi connectivity index (χ3n) is 8.32. The molecule has 12 heteroatoms. The van der Waals surface area contributed by atoms with Gasteiger partial charge in [0, 0.05) is 51.6 Å². The molecule has 0 saturated carbocycles. The number of anilines is 2. The Morgan fingerprint density at radius 2 is 1.80 bits per heavy atom. The fourth-order valence-corrected chi connectivity index (χ4v) is 7.19.